The second-order valence-electron chi connectivity index (χ2n) is 2.33. The third-order valence-electron chi connectivity index (χ3n) is 0.776. The molecule has 0 N–H and O–H groups in total. The molecule has 0 rings (SSSR count). The van der Waals surface area contributed by atoms with E-state index in [4.69, 9.17) is 0 Å². The Kier molecular flexibility index (Phi) is 5.84. The molecule has 5 heteroatoms. The molecule has 0 unspecified atom stereocenters. The molecule has 0 nitrogen and oxygen atoms in total. The predicted octanol–water partition coefficient (Wildman–Crippen LogP) is 5.43. The highest BCUT2D eigenvalue weighted by atomic mass is 127. The maximum Gasteiger partial charge on any atom is 0.0114 e. The Morgan fingerprint density at radius 3 is 1.70 bits per heavy atom. The fraction of sp³-hybridized carbons (Fsp3) is 0.600. The van der Waals surface area contributed by atoms with E-state index in [1.54, 1.807) is 0 Å². The van der Waals surface area contributed by atoms with E-state index in [9.17, 15) is 0 Å². The minimum absolute atomic E-state index is 1.23. The lowest BCUT2D eigenvalue weighted by Gasteiger charge is -2.36. The van der Waals surface area contributed by atoms with E-state index in [1.165, 1.54) is 11.3 Å². The molecule has 0 saturated carbocycles. The van der Waals surface area contributed by atoms with E-state index >= 15 is 0 Å². The number of thiol groups is 1. The lowest BCUT2D eigenvalue weighted by atomic mass is 10.3. The highest BCUT2D eigenvalue weighted by Gasteiger charge is 2.24. The van der Waals surface area contributed by atoms with Gasteiger partial charge in [0.2, 0.25) is 0 Å². The van der Waals surface area contributed by atoms with Gasteiger partial charge in [0.1, 0.15) is 0 Å². The van der Waals surface area contributed by atoms with E-state index < -0.39 is -2.15 Å². The summed E-state index contributed by atoms with van der Waals surface area (Å²) in [5.41, 5.74) is 1.43. The van der Waals surface area contributed by atoms with Crippen LogP contribution in [0.5, 0.6) is 0 Å². The van der Waals surface area contributed by atoms with Gasteiger partial charge in [-0.25, -0.2) is 0 Å². The molecule has 0 aromatic heterocycles. The Balaban J connectivity index is 4.06. The van der Waals surface area contributed by atoms with Gasteiger partial charge in [0, 0.05) is 5.75 Å². The first-order valence-electron chi connectivity index (χ1n) is 2.69. The van der Waals surface area contributed by atoms with Gasteiger partial charge in [0.15, 0.2) is 0 Å². The maximum atomic E-state index is 2.59. The number of rotatable bonds is 2. The molecule has 0 spiro atoms. The van der Waals surface area contributed by atoms with Gasteiger partial charge in [-0.1, -0.05) is 11.6 Å². The van der Waals surface area contributed by atoms with Crippen molar-refractivity contribution in [3.05, 3.63) is 11.6 Å². The van der Waals surface area contributed by atoms with Crippen molar-refractivity contribution in [1.82, 2.24) is 0 Å². The fourth-order valence-corrected chi connectivity index (χ4v) is 3.33. The Morgan fingerprint density at radius 1 is 1.20 bits per heavy atom. The summed E-state index contributed by atoms with van der Waals surface area (Å²) < 4.78 is -1.37. The lowest BCUT2D eigenvalue weighted by Crippen LogP contribution is -1.84. The van der Waals surface area contributed by atoms with Crippen LogP contribution in [0.1, 0.15) is 13.8 Å². The smallest absolute Gasteiger partial charge is 0.0114 e. The summed E-state index contributed by atoms with van der Waals surface area (Å²) in [6, 6.07) is 0. The minimum atomic E-state index is -1.37. The molecule has 0 radical (unpaired) electrons. The van der Waals surface area contributed by atoms with Crippen LogP contribution in [0.3, 0.4) is 0 Å². The standard InChI is InChI=1S/C5H10I4S/c1-5(2)3-4-10(6,7,8)9/h3,10H,4H2,1-2H3. The van der Waals surface area contributed by atoms with Crippen molar-refractivity contribution >= 4 is 82.7 Å². The molecule has 0 aliphatic heterocycles. The Labute approximate surface area is 111 Å². The summed E-state index contributed by atoms with van der Waals surface area (Å²) >= 11 is 10.4. The quantitative estimate of drug-likeness (QED) is 0.241. The van der Waals surface area contributed by atoms with Gasteiger partial charge < -0.3 is 0 Å². The monoisotopic (exact) mass is 610 g/mol. The average molecular weight is 610 g/mol. The Bertz CT molecular complexity index is 142. The number of hydrogen-bond acceptors (Lipinski definition) is 0. The van der Waals surface area contributed by atoms with E-state index in [1.807, 2.05) is 0 Å². The van der Waals surface area contributed by atoms with Crippen molar-refractivity contribution in [3.8, 4) is 0 Å². The second kappa shape index (κ2) is 4.49. The topological polar surface area (TPSA) is 0 Å². The van der Waals surface area contributed by atoms with Gasteiger partial charge in [-0.3, -0.25) is 0 Å². The van der Waals surface area contributed by atoms with E-state index in [0.717, 1.165) is 0 Å². The average Bonchev–Trinajstić information content (AvgIpc) is 1.57. The molecule has 0 amide bonds. The second-order valence-corrected chi connectivity index (χ2v) is 63.2. The zero-order valence-electron chi connectivity index (χ0n) is 5.74. The van der Waals surface area contributed by atoms with Crippen LogP contribution in [0, 0.1) is 0 Å². The van der Waals surface area contributed by atoms with Crippen molar-refractivity contribution in [3.63, 3.8) is 0 Å². The first-order valence-corrected chi connectivity index (χ1v) is 16.3. The van der Waals surface area contributed by atoms with Gasteiger partial charge in [0.25, 0.3) is 0 Å². The third-order valence-corrected chi connectivity index (χ3v) is 6.24. The normalized spacial score (nSPS) is 15.6. The largest absolute Gasteiger partial charge is 0.113 e. The molecule has 0 atom stereocenters. The zero-order chi connectivity index (χ0) is 8.44. The Hall–Kier alpha value is 3.01. The van der Waals surface area contributed by atoms with E-state index in [0.29, 0.717) is 0 Å². The van der Waals surface area contributed by atoms with Crippen LogP contribution in [-0.4, -0.2) is 5.75 Å². The number of halogens is 4. The van der Waals surface area contributed by atoms with Crippen molar-refractivity contribution < 1.29 is 0 Å². The summed E-state index contributed by atoms with van der Waals surface area (Å²) in [5, 5.41) is 0. The molecule has 10 heavy (non-hydrogen) atoms. The Morgan fingerprint density at radius 2 is 1.60 bits per heavy atom. The highest BCUT2D eigenvalue weighted by Crippen LogP contribution is 2.95. The van der Waals surface area contributed by atoms with Crippen LogP contribution >= 0.6 is 82.7 Å². The zero-order valence-corrected chi connectivity index (χ0v) is 15.3. The number of hydrogen-bond donors (Lipinski definition) is 1. The molecular weight excluding hydrogens is 600 g/mol. The SMILES string of the molecule is CC(C)=CC[SH](I)(I)(I)I. The molecule has 0 heterocycles. The van der Waals surface area contributed by atoms with Gasteiger partial charge in [-0.15, -0.1) is -2.15 Å². The molecule has 0 saturated heterocycles. The molecular formula is C5H10I4S. The van der Waals surface area contributed by atoms with Gasteiger partial charge >= 0.3 is 0 Å². The molecule has 64 valence electrons. The molecule has 0 aromatic rings. The molecule has 0 fully saturated rings. The lowest BCUT2D eigenvalue weighted by molar-refractivity contribution is 1.37. The summed E-state index contributed by atoms with van der Waals surface area (Å²) in [6.07, 6.45) is 2.33. The predicted molar refractivity (Wildman–Crippen MR) is 89.4 cm³/mol. The van der Waals surface area contributed by atoms with Gasteiger partial charge in [0.05, 0.1) is 0 Å². The fourth-order valence-electron chi connectivity index (χ4n) is 0.321. The van der Waals surface area contributed by atoms with Crippen molar-refractivity contribution in [2.75, 3.05) is 5.75 Å². The van der Waals surface area contributed by atoms with Gasteiger partial charge in [-0.05, 0) is 98.7 Å². The van der Waals surface area contributed by atoms with E-state index in [-0.39, 0.29) is 0 Å². The van der Waals surface area contributed by atoms with Crippen LogP contribution in [0.25, 0.3) is 0 Å². The first kappa shape index (κ1) is 13.0. The summed E-state index contributed by atoms with van der Waals surface area (Å²) in [6.45, 7) is 4.31. The molecule has 0 aliphatic rings. The molecule has 0 bridgehead atoms. The van der Waals surface area contributed by atoms with Crippen LogP contribution in [-0.2, 0) is 0 Å². The van der Waals surface area contributed by atoms with Crippen LogP contribution in [0.2, 0.25) is 0 Å². The molecule has 0 aromatic carbocycles. The van der Waals surface area contributed by atoms with Crippen molar-refractivity contribution in [2.24, 2.45) is 0 Å². The highest BCUT2D eigenvalue weighted by molar-refractivity contribution is 14.6. The minimum Gasteiger partial charge on any atom is -0.113 e. The van der Waals surface area contributed by atoms with Crippen LogP contribution in [0.4, 0.5) is 0 Å². The summed E-state index contributed by atoms with van der Waals surface area (Å²) in [4.78, 5) is 0. The maximum absolute atomic E-state index is 2.59. The molecule has 0 aliphatic carbocycles. The first-order chi connectivity index (χ1) is 4.17. The van der Waals surface area contributed by atoms with Crippen LogP contribution in [0.15, 0.2) is 11.6 Å². The summed E-state index contributed by atoms with van der Waals surface area (Å²) in [5.74, 6) is 1.23. The third kappa shape index (κ3) is 11.0. The van der Waals surface area contributed by atoms with Crippen molar-refractivity contribution in [2.45, 2.75) is 13.8 Å². The van der Waals surface area contributed by atoms with Gasteiger partial charge in [-0.2, -0.15) is 0 Å². The summed E-state index contributed by atoms with van der Waals surface area (Å²) in [7, 11) is 0. The van der Waals surface area contributed by atoms with Crippen LogP contribution < -0.4 is 0 Å². The van der Waals surface area contributed by atoms with Crippen molar-refractivity contribution in [1.29, 1.82) is 0 Å². The van der Waals surface area contributed by atoms with E-state index in [2.05, 4.69) is 105 Å². The number of allylic oxidation sites excluding steroid dienone is 1.